The second-order valence-electron chi connectivity index (χ2n) is 5.50. The van der Waals surface area contributed by atoms with Gasteiger partial charge in [-0.1, -0.05) is 12.6 Å². The fourth-order valence-corrected chi connectivity index (χ4v) is 4.82. The molecule has 2 N–H and O–H groups in total. The van der Waals surface area contributed by atoms with Gasteiger partial charge >= 0.3 is 0 Å². The van der Waals surface area contributed by atoms with Crippen molar-refractivity contribution in [2.75, 3.05) is 5.75 Å². The van der Waals surface area contributed by atoms with Gasteiger partial charge in [0.2, 0.25) is 11.0 Å². The van der Waals surface area contributed by atoms with Crippen LogP contribution in [-0.4, -0.2) is 62.9 Å². The lowest BCUT2D eigenvalue weighted by atomic mass is 10.0. The number of fused-ring (bicyclic) bond motifs is 1. The highest BCUT2D eigenvalue weighted by Crippen LogP contribution is 2.43. The summed E-state index contributed by atoms with van der Waals surface area (Å²) in [6.07, 6.45) is 2.89. The summed E-state index contributed by atoms with van der Waals surface area (Å²) in [7, 11) is 0. The Morgan fingerprint density at radius 1 is 1.46 bits per heavy atom. The number of nitrogens with zero attached hydrogens (tertiary/aromatic N) is 5. The predicted octanol–water partition coefficient (Wildman–Crippen LogP) is -0.534. The number of thioether (sulfide) groups is 1. The van der Waals surface area contributed by atoms with E-state index in [0.29, 0.717) is 22.8 Å². The Balaban J connectivity index is 1.52. The molecule has 4 heterocycles. The highest BCUT2D eigenvalue weighted by molar-refractivity contribution is 8.00. The number of carbonyl (C=O) groups is 3. The van der Waals surface area contributed by atoms with Gasteiger partial charge in [-0.2, -0.15) is 13.8 Å². The number of amides is 2. The zero-order chi connectivity index (χ0) is 18.3. The molecular weight excluding hydrogens is 398 g/mol. The van der Waals surface area contributed by atoms with E-state index in [1.807, 2.05) is 0 Å². The molecule has 2 aromatic rings. The summed E-state index contributed by atoms with van der Waals surface area (Å²) in [5.74, 6) is 0.180. The fourth-order valence-electron chi connectivity index (χ4n) is 2.80. The van der Waals surface area contributed by atoms with Crippen molar-refractivity contribution in [2.24, 2.45) is 0 Å². The lowest BCUT2D eigenvalue weighted by Gasteiger charge is -2.49. The van der Waals surface area contributed by atoms with Crippen LogP contribution in [0.3, 0.4) is 0 Å². The first-order valence-electron chi connectivity index (χ1n) is 7.39. The van der Waals surface area contributed by atoms with E-state index in [1.54, 1.807) is 0 Å². The van der Waals surface area contributed by atoms with Gasteiger partial charge in [-0.05, 0) is 0 Å². The van der Waals surface area contributed by atoms with Crippen molar-refractivity contribution >= 4 is 58.6 Å². The van der Waals surface area contributed by atoms with Gasteiger partial charge in [0.05, 0.1) is 30.0 Å². The van der Waals surface area contributed by atoms with E-state index in [0.717, 1.165) is 11.7 Å². The molecule has 2 amide bonds. The molecule has 2 aliphatic heterocycles. The van der Waals surface area contributed by atoms with Gasteiger partial charge in [-0.25, -0.2) is 4.98 Å². The van der Waals surface area contributed by atoms with Crippen LogP contribution in [0.25, 0.3) is 5.57 Å². The van der Waals surface area contributed by atoms with Crippen LogP contribution in [0.15, 0.2) is 18.2 Å². The third kappa shape index (κ3) is 2.91. The number of aromatic amines is 1. The van der Waals surface area contributed by atoms with E-state index < -0.39 is 11.2 Å². The number of H-pyrrole nitrogens is 1. The minimum absolute atomic E-state index is 0.0508. The van der Waals surface area contributed by atoms with Crippen molar-refractivity contribution in [3.05, 3.63) is 29.7 Å². The first-order valence-corrected chi connectivity index (χ1v) is 9.61. The maximum Gasteiger partial charge on any atom is 0.253 e. The van der Waals surface area contributed by atoms with Crippen LogP contribution >= 0.6 is 36.1 Å². The van der Waals surface area contributed by atoms with E-state index in [4.69, 9.17) is 0 Å². The first-order chi connectivity index (χ1) is 12.6. The van der Waals surface area contributed by atoms with Gasteiger partial charge in [0.1, 0.15) is 23.4 Å². The van der Waals surface area contributed by atoms with Gasteiger partial charge in [0.15, 0.2) is 5.82 Å². The highest BCUT2D eigenvalue weighted by atomic mass is 32.2. The van der Waals surface area contributed by atoms with Crippen LogP contribution in [0.4, 0.5) is 0 Å². The van der Waals surface area contributed by atoms with E-state index >= 15 is 0 Å². The molecule has 26 heavy (non-hydrogen) atoms. The van der Waals surface area contributed by atoms with Crippen molar-refractivity contribution in [3.8, 4) is 0 Å². The molecule has 2 aromatic heterocycles. The molecule has 0 radical (unpaired) electrons. The lowest BCUT2D eigenvalue weighted by Crippen LogP contribution is -2.70. The molecule has 134 valence electrons. The SMILES string of the molecule is O=C(Cc1cnsn1)N[C@@H]1C(=O)N2C(C(=O)S)=C(c3ncn[nH]3)CS[C@H]12. The molecule has 1 saturated heterocycles. The van der Waals surface area contributed by atoms with Crippen LogP contribution in [-0.2, 0) is 20.8 Å². The lowest BCUT2D eigenvalue weighted by molar-refractivity contribution is -0.146. The number of carbonyl (C=O) groups excluding carboxylic acids is 3. The fraction of sp³-hybridized carbons (Fsp3) is 0.308. The Kier molecular flexibility index (Phi) is 4.50. The summed E-state index contributed by atoms with van der Waals surface area (Å²) in [4.78, 5) is 42.1. The third-order valence-corrected chi connectivity index (χ3v) is 5.94. The van der Waals surface area contributed by atoms with Crippen molar-refractivity contribution in [2.45, 2.75) is 17.8 Å². The number of rotatable bonds is 5. The van der Waals surface area contributed by atoms with Gasteiger partial charge in [0, 0.05) is 11.3 Å². The van der Waals surface area contributed by atoms with Crippen LogP contribution in [0.1, 0.15) is 11.5 Å². The van der Waals surface area contributed by atoms with E-state index in [2.05, 4.69) is 41.9 Å². The minimum Gasteiger partial charge on any atom is -0.341 e. The standard InChI is InChI=1S/C13H11N7O3S3/c21-7(1-5-2-16-26-19-5)17-8-11(22)20-9(13(23)24)6(3-25-12(8)20)10-14-4-15-18-10/h2,4,8,12H,1,3H2,(H,17,21)(H,23,24)(H,14,15,18)/t8-,12-/m1/s1. The number of hydrogen-bond acceptors (Lipinski definition) is 9. The number of thiol groups is 1. The summed E-state index contributed by atoms with van der Waals surface area (Å²) >= 11 is 6.35. The Labute approximate surface area is 160 Å². The Bertz CT molecular complexity index is 896. The Morgan fingerprint density at radius 3 is 2.96 bits per heavy atom. The van der Waals surface area contributed by atoms with Crippen LogP contribution in [0, 0.1) is 0 Å². The first kappa shape index (κ1) is 17.2. The Hall–Kier alpha value is -2.25. The molecule has 4 rings (SSSR count). The summed E-state index contributed by atoms with van der Waals surface area (Å²) in [5.41, 5.74) is 1.29. The average molecular weight is 409 g/mol. The van der Waals surface area contributed by atoms with Crippen LogP contribution < -0.4 is 5.32 Å². The van der Waals surface area contributed by atoms with Crippen LogP contribution in [0.5, 0.6) is 0 Å². The van der Waals surface area contributed by atoms with Gasteiger partial charge in [0.25, 0.3) is 5.91 Å². The molecule has 10 nitrogen and oxygen atoms in total. The summed E-state index contributed by atoms with van der Waals surface area (Å²) in [5, 5.41) is 8.28. The van der Waals surface area contributed by atoms with E-state index in [9.17, 15) is 14.4 Å². The third-order valence-electron chi connectivity index (χ3n) is 3.94. The zero-order valence-electron chi connectivity index (χ0n) is 12.9. The smallest absolute Gasteiger partial charge is 0.253 e. The van der Waals surface area contributed by atoms with Crippen molar-refractivity contribution < 1.29 is 14.4 Å². The molecule has 0 unspecified atom stereocenters. The van der Waals surface area contributed by atoms with Gasteiger partial charge < -0.3 is 5.32 Å². The summed E-state index contributed by atoms with van der Waals surface area (Å²) in [6.45, 7) is 0. The molecule has 0 saturated carbocycles. The van der Waals surface area contributed by atoms with E-state index in [1.165, 1.54) is 29.2 Å². The van der Waals surface area contributed by atoms with Crippen molar-refractivity contribution in [1.29, 1.82) is 0 Å². The molecule has 13 heteroatoms. The number of nitrogens with one attached hydrogen (secondary N) is 2. The second kappa shape index (κ2) is 6.81. The highest BCUT2D eigenvalue weighted by Gasteiger charge is 2.54. The zero-order valence-corrected chi connectivity index (χ0v) is 15.5. The topological polar surface area (TPSA) is 134 Å². The number of β-lactam (4-membered cyclic amide) rings is 1. The molecule has 0 aromatic carbocycles. The van der Waals surface area contributed by atoms with Crippen molar-refractivity contribution in [1.82, 2.24) is 34.1 Å². The summed E-state index contributed by atoms with van der Waals surface area (Å²) in [6, 6.07) is -0.696. The molecule has 0 bridgehead atoms. The molecule has 2 aliphatic rings. The molecule has 0 aliphatic carbocycles. The average Bonchev–Trinajstić information content (AvgIpc) is 3.32. The second-order valence-corrected chi connectivity index (χ2v) is 7.56. The number of hydrogen-bond donors (Lipinski definition) is 3. The minimum atomic E-state index is -0.696. The molecule has 1 fully saturated rings. The Morgan fingerprint density at radius 2 is 2.31 bits per heavy atom. The van der Waals surface area contributed by atoms with Gasteiger partial charge in [-0.15, -0.1) is 11.8 Å². The van der Waals surface area contributed by atoms with E-state index in [-0.39, 0.29) is 29.3 Å². The van der Waals surface area contributed by atoms with Crippen molar-refractivity contribution in [3.63, 3.8) is 0 Å². The van der Waals surface area contributed by atoms with Crippen LogP contribution in [0.2, 0.25) is 0 Å². The molecule has 0 spiro atoms. The maximum absolute atomic E-state index is 12.6. The number of aromatic nitrogens is 5. The molecule has 2 atom stereocenters. The summed E-state index contributed by atoms with van der Waals surface area (Å²) < 4.78 is 7.81. The predicted molar refractivity (Wildman–Crippen MR) is 95.9 cm³/mol. The monoisotopic (exact) mass is 409 g/mol. The molecular formula is C13H11N7O3S3. The maximum atomic E-state index is 12.6. The van der Waals surface area contributed by atoms with Gasteiger partial charge in [-0.3, -0.25) is 24.4 Å². The largest absolute Gasteiger partial charge is 0.341 e. The quantitative estimate of drug-likeness (QED) is 0.443. The normalized spacial score (nSPS) is 22.0.